The highest BCUT2D eigenvalue weighted by Gasteiger charge is 2.09. The van der Waals surface area contributed by atoms with E-state index in [1.807, 2.05) is 13.8 Å². The maximum absolute atomic E-state index is 5.89. The van der Waals surface area contributed by atoms with Crippen LogP contribution in [-0.4, -0.2) is 12.1 Å². The molecule has 0 aliphatic heterocycles. The molecule has 2 heteroatoms. The molecule has 0 atom stereocenters. The molecule has 0 spiro atoms. The fourth-order valence-corrected chi connectivity index (χ4v) is 1.18. The van der Waals surface area contributed by atoms with Crippen LogP contribution >= 0.6 is 0 Å². The fourth-order valence-electron chi connectivity index (χ4n) is 1.18. The Morgan fingerprint density at radius 2 is 1.86 bits per heavy atom. The number of hydrogen-bond acceptors (Lipinski definition) is 2. The molecule has 3 N–H and O–H groups in total. The third-order valence-electron chi connectivity index (χ3n) is 2.26. The number of aryl methyl sites for hydroxylation is 2. The summed E-state index contributed by atoms with van der Waals surface area (Å²) in [6, 6.07) is 6.37. The summed E-state index contributed by atoms with van der Waals surface area (Å²) >= 11 is 0. The number of hydrogen-bond donors (Lipinski definition) is 2. The monoisotopic (exact) mass is 192 g/mol. The Bertz CT molecular complexity index is 311. The van der Waals surface area contributed by atoms with Gasteiger partial charge in [-0.25, -0.2) is 0 Å². The Morgan fingerprint density at radius 3 is 2.36 bits per heavy atom. The number of nitrogens with one attached hydrogen (secondary N) is 1. The van der Waals surface area contributed by atoms with Crippen LogP contribution in [0.1, 0.15) is 25.0 Å². The molecule has 2 nitrogen and oxygen atoms in total. The highest BCUT2D eigenvalue weighted by Crippen LogP contribution is 2.14. The number of rotatable bonds is 3. The number of anilines is 1. The third-order valence-corrected chi connectivity index (χ3v) is 2.26. The van der Waals surface area contributed by atoms with Crippen LogP contribution < -0.4 is 11.1 Å². The van der Waals surface area contributed by atoms with E-state index in [-0.39, 0.29) is 5.54 Å². The summed E-state index contributed by atoms with van der Waals surface area (Å²) in [5.41, 5.74) is 9.50. The summed E-state index contributed by atoms with van der Waals surface area (Å²) < 4.78 is 0. The van der Waals surface area contributed by atoms with Gasteiger partial charge in [0, 0.05) is 17.8 Å². The van der Waals surface area contributed by atoms with E-state index in [1.165, 1.54) is 11.1 Å². The first kappa shape index (κ1) is 11.1. The molecule has 0 unspecified atom stereocenters. The van der Waals surface area contributed by atoms with Gasteiger partial charge in [-0.1, -0.05) is 6.07 Å². The van der Waals surface area contributed by atoms with E-state index in [9.17, 15) is 0 Å². The second kappa shape index (κ2) is 4.01. The molecule has 0 amide bonds. The van der Waals surface area contributed by atoms with Crippen LogP contribution in [0.5, 0.6) is 0 Å². The van der Waals surface area contributed by atoms with Gasteiger partial charge in [-0.2, -0.15) is 0 Å². The third kappa shape index (κ3) is 3.38. The molecule has 1 aromatic carbocycles. The normalized spacial score (nSPS) is 11.5. The van der Waals surface area contributed by atoms with E-state index in [0.29, 0.717) is 0 Å². The quantitative estimate of drug-likeness (QED) is 0.772. The van der Waals surface area contributed by atoms with Gasteiger partial charge in [0.2, 0.25) is 0 Å². The lowest BCUT2D eigenvalue weighted by atomic mass is 10.1. The number of nitrogens with two attached hydrogens (primary N) is 1. The van der Waals surface area contributed by atoms with Gasteiger partial charge in [-0.15, -0.1) is 0 Å². The van der Waals surface area contributed by atoms with Crippen molar-refractivity contribution in [1.29, 1.82) is 0 Å². The maximum Gasteiger partial charge on any atom is 0.0343 e. The van der Waals surface area contributed by atoms with Crippen LogP contribution in [0.4, 0.5) is 5.69 Å². The van der Waals surface area contributed by atoms with E-state index in [4.69, 9.17) is 5.73 Å². The van der Waals surface area contributed by atoms with Crippen LogP contribution in [0.25, 0.3) is 0 Å². The maximum atomic E-state index is 5.89. The zero-order valence-corrected chi connectivity index (χ0v) is 9.52. The van der Waals surface area contributed by atoms with Crippen LogP contribution in [0.3, 0.4) is 0 Å². The topological polar surface area (TPSA) is 38.0 Å². The molecule has 0 saturated carbocycles. The zero-order valence-electron chi connectivity index (χ0n) is 9.52. The summed E-state index contributed by atoms with van der Waals surface area (Å²) in [6.07, 6.45) is 0. The molecule has 0 aliphatic carbocycles. The summed E-state index contributed by atoms with van der Waals surface area (Å²) in [5, 5.41) is 3.33. The van der Waals surface area contributed by atoms with E-state index >= 15 is 0 Å². The van der Waals surface area contributed by atoms with E-state index in [2.05, 4.69) is 37.4 Å². The molecular formula is C12H20N2. The van der Waals surface area contributed by atoms with Gasteiger partial charge >= 0.3 is 0 Å². The minimum Gasteiger partial charge on any atom is -0.383 e. The van der Waals surface area contributed by atoms with Crippen molar-refractivity contribution in [2.75, 3.05) is 11.9 Å². The van der Waals surface area contributed by atoms with Crippen molar-refractivity contribution in [1.82, 2.24) is 0 Å². The molecule has 0 aromatic heterocycles. The molecule has 0 heterocycles. The Labute approximate surface area is 86.5 Å². The van der Waals surface area contributed by atoms with Crippen LogP contribution in [0.2, 0.25) is 0 Å². The molecule has 0 fully saturated rings. The average Bonchev–Trinajstić information content (AvgIpc) is 2.06. The predicted molar refractivity (Wildman–Crippen MR) is 62.7 cm³/mol. The van der Waals surface area contributed by atoms with Gasteiger partial charge in [0.15, 0.2) is 0 Å². The van der Waals surface area contributed by atoms with Crippen molar-refractivity contribution >= 4 is 5.69 Å². The molecule has 0 bridgehead atoms. The Morgan fingerprint density at radius 1 is 1.21 bits per heavy atom. The van der Waals surface area contributed by atoms with Crippen molar-refractivity contribution in [2.24, 2.45) is 5.73 Å². The van der Waals surface area contributed by atoms with Gasteiger partial charge in [0.1, 0.15) is 0 Å². The van der Waals surface area contributed by atoms with Crippen LogP contribution in [-0.2, 0) is 0 Å². The largest absolute Gasteiger partial charge is 0.383 e. The lowest BCUT2D eigenvalue weighted by Crippen LogP contribution is -2.39. The van der Waals surface area contributed by atoms with Gasteiger partial charge in [-0.3, -0.25) is 0 Å². The smallest absolute Gasteiger partial charge is 0.0343 e. The molecule has 14 heavy (non-hydrogen) atoms. The van der Waals surface area contributed by atoms with Crippen LogP contribution in [0, 0.1) is 13.8 Å². The minimum atomic E-state index is -0.168. The predicted octanol–water partition coefficient (Wildman–Crippen LogP) is 2.45. The summed E-state index contributed by atoms with van der Waals surface area (Å²) in [4.78, 5) is 0. The lowest BCUT2D eigenvalue weighted by molar-refractivity contribution is 0.549. The first-order valence-electron chi connectivity index (χ1n) is 4.98. The second-order valence-corrected chi connectivity index (χ2v) is 4.64. The Kier molecular flexibility index (Phi) is 3.17. The first-order valence-corrected chi connectivity index (χ1v) is 4.98. The lowest BCUT2D eigenvalue weighted by Gasteiger charge is -2.20. The van der Waals surface area contributed by atoms with Crippen molar-refractivity contribution in [3.8, 4) is 0 Å². The van der Waals surface area contributed by atoms with Gasteiger partial charge in [-0.05, 0) is 51.0 Å². The summed E-state index contributed by atoms with van der Waals surface area (Å²) in [6.45, 7) is 9.05. The minimum absolute atomic E-state index is 0.168. The SMILES string of the molecule is Cc1ccc(NCC(C)(C)N)cc1C. The fraction of sp³-hybridized carbons (Fsp3) is 0.500. The average molecular weight is 192 g/mol. The van der Waals surface area contributed by atoms with Gasteiger partial charge in [0.25, 0.3) is 0 Å². The Balaban J connectivity index is 2.65. The van der Waals surface area contributed by atoms with E-state index in [0.717, 1.165) is 12.2 Å². The number of benzene rings is 1. The van der Waals surface area contributed by atoms with Gasteiger partial charge < -0.3 is 11.1 Å². The Hall–Kier alpha value is -1.02. The molecule has 78 valence electrons. The first-order chi connectivity index (χ1) is 6.38. The zero-order chi connectivity index (χ0) is 10.8. The van der Waals surface area contributed by atoms with Crippen molar-refractivity contribution in [2.45, 2.75) is 33.2 Å². The van der Waals surface area contributed by atoms with E-state index < -0.39 is 0 Å². The van der Waals surface area contributed by atoms with Crippen molar-refractivity contribution < 1.29 is 0 Å². The summed E-state index contributed by atoms with van der Waals surface area (Å²) in [5.74, 6) is 0. The van der Waals surface area contributed by atoms with Crippen molar-refractivity contribution in [3.63, 3.8) is 0 Å². The highest BCUT2D eigenvalue weighted by molar-refractivity contribution is 5.48. The standard InChI is InChI=1S/C12H20N2/c1-9-5-6-11(7-10(9)2)14-8-12(3,4)13/h5-7,14H,8,13H2,1-4H3. The molecule has 0 saturated heterocycles. The molecule has 1 rings (SSSR count). The molecule has 0 radical (unpaired) electrons. The van der Waals surface area contributed by atoms with Crippen LogP contribution in [0.15, 0.2) is 18.2 Å². The summed E-state index contributed by atoms with van der Waals surface area (Å²) in [7, 11) is 0. The molecule has 0 aliphatic rings. The second-order valence-electron chi connectivity index (χ2n) is 4.64. The van der Waals surface area contributed by atoms with Gasteiger partial charge in [0.05, 0.1) is 0 Å². The molecule has 1 aromatic rings. The van der Waals surface area contributed by atoms with E-state index in [1.54, 1.807) is 0 Å². The van der Waals surface area contributed by atoms with Crippen molar-refractivity contribution in [3.05, 3.63) is 29.3 Å². The highest BCUT2D eigenvalue weighted by atomic mass is 14.9. The molecular weight excluding hydrogens is 172 g/mol.